The smallest absolute Gasteiger partial charge is 0.326 e. The van der Waals surface area contributed by atoms with E-state index in [9.17, 15) is 23.5 Å². The van der Waals surface area contributed by atoms with Crippen molar-refractivity contribution in [2.45, 2.75) is 12.5 Å². The zero-order valence-corrected chi connectivity index (χ0v) is 13.9. The maximum atomic E-state index is 13.1. The minimum Gasteiger partial charge on any atom is -0.480 e. The molecular formula is C16H12F2INO3. The lowest BCUT2D eigenvalue weighted by Crippen LogP contribution is -2.42. The van der Waals surface area contributed by atoms with Crippen molar-refractivity contribution in [3.8, 4) is 0 Å². The van der Waals surface area contributed by atoms with E-state index in [4.69, 9.17) is 0 Å². The van der Waals surface area contributed by atoms with Crippen LogP contribution in [0, 0.1) is 15.2 Å². The van der Waals surface area contributed by atoms with E-state index in [1.165, 1.54) is 0 Å². The summed E-state index contributed by atoms with van der Waals surface area (Å²) in [5.74, 6) is -3.88. The Labute approximate surface area is 144 Å². The minimum absolute atomic E-state index is 0.0652. The predicted molar refractivity (Wildman–Crippen MR) is 88.1 cm³/mol. The molecule has 0 fully saturated rings. The number of aliphatic carboxylic acids is 1. The number of amides is 1. The van der Waals surface area contributed by atoms with Crippen LogP contribution < -0.4 is 5.32 Å². The Morgan fingerprint density at radius 2 is 1.78 bits per heavy atom. The zero-order chi connectivity index (χ0) is 17.0. The monoisotopic (exact) mass is 431 g/mol. The van der Waals surface area contributed by atoms with Gasteiger partial charge in [-0.25, -0.2) is 13.6 Å². The van der Waals surface area contributed by atoms with Gasteiger partial charge < -0.3 is 10.4 Å². The van der Waals surface area contributed by atoms with Crippen molar-refractivity contribution in [3.63, 3.8) is 0 Å². The molecule has 23 heavy (non-hydrogen) atoms. The Morgan fingerprint density at radius 1 is 1.13 bits per heavy atom. The standard InChI is InChI=1S/C16H12F2INO3/c17-11-6-10(7-12(18)8-11)15(21)20-14(16(22)23)5-9-2-1-3-13(19)4-9/h1-4,6-8,14H,5H2,(H,20,21)(H,22,23)/t14-/m0/s1. The molecule has 0 spiro atoms. The Bertz CT molecular complexity index is 732. The number of benzene rings is 2. The third-order valence-electron chi connectivity index (χ3n) is 3.06. The number of carbonyl (C=O) groups excluding carboxylic acids is 1. The van der Waals surface area contributed by atoms with Crippen LogP contribution in [0.15, 0.2) is 42.5 Å². The summed E-state index contributed by atoms with van der Waals surface area (Å²) in [5, 5.41) is 11.5. The van der Waals surface area contributed by atoms with E-state index in [2.05, 4.69) is 27.9 Å². The van der Waals surface area contributed by atoms with Gasteiger partial charge in [-0.2, -0.15) is 0 Å². The average molecular weight is 431 g/mol. The lowest BCUT2D eigenvalue weighted by atomic mass is 10.1. The Kier molecular flexibility index (Phi) is 5.64. The normalized spacial score (nSPS) is 11.8. The molecule has 2 N–H and O–H groups in total. The fourth-order valence-corrected chi connectivity index (χ4v) is 2.63. The molecular weight excluding hydrogens is 419 g/mol. The number of rotatable bonds is 5. The SMILES string of the molecule is O=C(N[C@@H](Cc1cccc(I)c1)C(=O)O)c1cc(F)cc(F)c1. The van der Waals surface area contributed by atoms with Gasteiger partial charge >= 0.3 is 5.97 Å². The minimum atomic E-state index is -1.23. The van der Waals surface area contributed by atoms with Gasteiger partial charge in [-0.15, -0.1) is 0 Å². The molecule has 2 aromatic carbocycles. The number of carbonyl (C=O) groups is 2. The molecule has 0 bridgehead atoms. The highest BCUT2D eigenvalue weighted by molar-refractivity contribution is 14.1. The molecule has 7 heteroatoms. The number of hydrogen-bond acceptors (Lipinski definition) is 2. The summed E-state index contributed by atoms with van der Waals surface area (Å²) in [4.78, 5) is 23.3. The topological polar surface area (TPSA) is 66.4 Å². The maximum absolute atomic E-state index is 13.1. The van der Waals surface area contributed by atoms with Crippen LogP contribution in [0.2, 0.25) is 0 Å². The van der Waals surface area contributed by atoms with Crippen molar-refractivity contribution >= 4 is 34.5 Å². The number of carboxylic acids is 1. The molecule has 0 radical (unpaired) electrons. The van der Waals surface area contributed by atoms with Gasteiger partial charge in [0.05, 0.1) is 0 Å². The molecule has 0 aliphatic rings. The average Bonchev–Trinajstić information content (AvgIpc) is 2.45. The first-order valence-electron chi connectivity index (χ1n) is 6.59. The summed E-state index contributed by atoms with van der Waals surface area (Å²) < 4.78 is 27.2. The van der Waals surface area contributed by atoms with Crippen molar-refractivity contribution in [2.75, 3.05) is 0 Å². The second-order valence-electron chi connectivity index (χ2n) is 4.86. The number of halogens is 3. The third-order valence-corrected chi connectivity index (χ3v) is 3.73. The molecule has 4 nitrogen and oxygen atoms in total. The van der Waals surface area contributed by atoms with Crippen LogP contribution in [-0.2, 0) is 11.2 Å². The van der Waals surface area contributed by atoms with Crippen molar-refractivity contribution in [3.05, 3.63) is 68.8 Å². The summed E-state index contributed by atoms with van der Waals surface area (Å²) in [6.07, 6.45) is 0.0652. The Balaban J connectivity index is 2.15. The van der Waals surface area contributed by atoms with Crippen LogP contribution in [-0.4, -0.2) is 23.0 Å². The van der Waals surface area contributed by atoms with Gasteiger partial charge in [-0.3, -0.25) is 4.79 Å². The number of nitrogens with one attached hydrogen (secondary N) is 1. The lowest BCUT2D eigenvalue weighted by Gasteiger charge is -2.15. The molecule has 0 unspecified atom stereocenters. The Hall–Kier alpha value is -2.03. The molecule has 120 valence electrons. The van der Waals surface area contributed by atoms with Crippen molar-refractivity contribution < 1.29 is 23.5 Å². The molecule has 1 amide bonds. The van der Waals surface area contributed by atoms with Gasteiger partial charge in [0.2, 0.25) is 0 Å². The predicted octanol–water partition coefficient (Wildman–Crippen LogP) is 3.00. The van der Waals surface area contributed by atoms with Crippen molar-refractivity contribution in [2.24, 2.45) is 0 Å². The van der Waals surface area contributed by atoms with E-state index in [0.29, 0.717) is 6.07 Å². The highest BCUT2D eigenvalue weighted by Gasteiger charge is 2.22. The molecule has 2 rings (SSSR count). The van der Waals surface area contributed by atoms with Gasteiger partial charge in [-0.1, -0.05) is 12.1 Å². The van der Waals surface area contributed by atoms with E-state index >= 15 is 0 Å². The summed E-state index contributed by atoms with van der Waals surface area (Å²) in [7, 11) is 0. The van der Waals surface area contributed by atoms with Crippen LogP contribution >= 0.6 is 22.6 Å². The van der Waals surface area contributed by atoms with Gasteiger partial charge in [-0.05, 0) is 52.4 Å². The highest BCUT2D eigenvalue weighted by Crippen LogP contribution is 2.12. The summed E-state index contributed by atoms with van der Waals surface area (Å²) in [6.45, 7) is 0. The van der Waals surface area contributed by atoms with Gasteiger partial charge in [0.1, 0.15) is 17.7 Å². The van der Waals surface area contributed by atoms with E-state index in [0.717, 1.165) is 21.3 Å². The Morgan fingerprint density at radius 3 is 2.35 bits per heavy atom. The number of carboxylic acid groups (broad SMARTS) is 1. The lowest BCUT2D eigenvalue weighted by molar-refractivity contribution is -0.139. The summed E-state index contributed by atoms with van der Waals surface area (Å²) in [6, 6.07) is 8.31. The first-order valence-corrected chi connectivity index (χ1v) is 7.67. The maximum Gasteiger partial charge on any atom is 0.326 e. The molecule has 0 aromatic heterocycles. The first kappa shape index (κ1) is 17.3. The highest BCUT2D eigenvalue weighted by atomic mass is 127. The summed E-state index contributed by atoms with van der Waals surface area (Å²) in [5.41, 5.74) is 0.464. The van der Waals surface area contributed by atoms with Crippen molar-refractivity contribution in [1.82, 2.24) is 5.32 Å². The van der Waals surface area contributed by atoms with Crippen molar-refractivity contribution in [1.29, 1.82) is 0 Å². The quantitative estimate of drug-likeness (QED) is 0.716. The second-order valence-corrected chi connectivity index (χ2v) is 6.10. The third kappa shape index (κ3) is 4.98. The van der Waals surface area contributed by atoms with Gasteiger partial charge in [0, 0.05) is 21.6 Å². The second kappa shape index (κ2) is 7.49. The zero-order valence-electron chi connectivity index (χ0n) is 11.7. The molecule has 0 saturated heterocycles. The largest absolute Gasteiger partial charge is 0.480 e. The molecule has 2 aromatic rings. The van der Waals surface area contributed by atoms with Crippen LogP contribution in [0.1, 0.15) is 15.9 Å². The molecule has 0 aliphatic heterocycles. The number of hydrogen-bond donors (Lipinski definition) is 2. The van der Waals surface area contributed by atoms with Gasteiger partial charge in [0.15, 0.2) is 0 Å². The van der Waals surface area contributed by atoms with E-state index in [1.807, 2.05) is 6.07 Å². The van der Waals surface area contributed by atoms with Crippen LogP contribution in [0.3, 0.4) is 0 Å². The van der Waals surface area contributed by atoms with Crippen LogP contribution in [0.25, 0.3) is 0 Å². The van der Waals surface area contributed by atoms with Crippen LogP contribution in [0.5, 0.6) is 0 Å². The molecule has 0 aliphatic carbocycles. The fourth-order valence-electron chi connectivity index (χ4n) is 2.03. The van der Waals surface area contributed by atoms with E-state index in [-0.39, 0.29) is 12.0 Å². The molecule has 0 saturated carbocycles. The molecule has 0 heterocycles. The van der Waals surface area contributed by atoms with E-state index in [1.54, 1.807) is 18.2 Å². The summed E-state index contributed by atoms with van der Waals surface area (Å²) >= 11 is 2.09. The van der Waals surface area contributed by atoms with Crippen LogP contribution in [0.4, 0.5) is 8.78 Å². The van der Waals surface area contributed by atoms with E-state index < -0.39 is 29.6 Å². The molecule has 1 atom stereocenters. The van der Waals surface area contributed by atoms with Gasteiger partial charge in [0.25, 0.3) is 5.91 Å². The fraction of sp³-hybridized carbons (Fsp3) is 0.125. The first-order chi connectivity index (χ1) is 10.8.